The molecule has 0 aliphatic heterocycles. The van der Waals surface area contributed by atoms with Gasteiger partial charge in [0.15, 0.2) is 0 Å². The van der Waals surface area contributed by atoms with E-state index >= 15 is 0 Å². The Hall–Kier alpha value is -1.81. The van der Waals surface area contributed by atoms with Crippen LogP contribution in [0.15, 0.2) is 35.4 Å². The Balaban J connectivity index is 2.69. The number of benzene rings is 1. The summed E-state index contributed by atoms with van der Waals surface area (Å²) in [7, 11) is 0. The number of hydrogen-bond acceptors (Lipinski definition) is 3. The fourth-order valence-corrected chi connectivity index (χ4v) is 1.48. The van der Waals surface area contributed by atoms with Crippen molar-refractivity contribution < 1.29 is 5.11 Å². The Bertz CT molecular complexity index is 551. The molecule has 0 saturated carbocycles. The van der Waals surface area contributed by atoms with Crippen LogP contribution in [-0.2, 0) is 0 Å². The van der Waals surface area contributed by atoms with E-state index < -0.39 is 5.56 Å². The first-order chi connectivity index (χ1) is 7.18. The molecule has 2 rings (SSSR count). The average molecular weight is 223 g/mol. The largest absolute Gasteiger partial charge is 0.493 e. The van der Waals surface area contributed by atoms with Gasteiger partial charge in [-0.25, -0.2) is 4.98 Å². The molecule has 0 amide bonds. The predicted molar refractivity (Wildman–Crippen MR) is 57.0 cm³/mol. The van der Waals surface area contributed by atoms with Crippen LogP contribution in [0.3, 0.4) is 0 Å². The Kier molecular flexibility index (Phi) is 2.43. The first-order valence-corrected chi connectivity index (χ1v) is 4.59. The molecule has 0 bridgehead atoms. The highest BCUT2D eigenvalue weighted by molar-refractivity contribution is 6.30. The van der Waals surface area contributed by atoms with E-state index in [9.17, 15) is 9.90 Å². The first-order valence-electron chi connectivity index (χ1n) is 4.21. The van der Waals surface area contributed by atoms with Crippen LogP contribution in [0.25, 0.3) is 11.1 Å². The van der Waals surface area contributed by atoms with Crippen LogP contribution in [0.1, 0.15) is 0 Å². The number of rotatable bonds is 1. The van der Waals surface area contributed by atoms with Crippen molar-refractivity contribution in [3.8, 4) is 17.0 Å². The topological polar surface area (TPSA) is 66.0 Å². The number of aromatic nitrogens is 2. The van der Waals surface area contributed by atoms with Crippen molar-refractivity contribution in [2.24, 2.45) is 0 Å². The summed E-state index contributed by atoms with van der Waals surface area (Å²) in [5.74, 6) is -0.305. The van der Waals surface area contributed by atoms with Crippen LogP contribution in [0.2, 0.25) is 5.02 Å². The molecule has 2 N–H and O–H groups in total. The molecule has 0 spiro atoms. The van der Waals surface area contributed by atoms with Gasteiger partial charge in [-0.15, -0.1) is 0 Å². The van der Waals surface area contributed by atoms with E-state index in [2.05, 4.69) is 9.97 Å². The summed E-state index contributed by atoms with van der Waals surface area (Å²) >= 11 is 5.79. The molecule has 1 aromatic carbocycles. The zero-order valence-corrected chi connectivity index (χ0v) is 8.32. The van der Waals surface area contributed by atoms with Crippen LogP contribution in [0.4, 0.5) is 0 Å². The van der Waals surface area contributed by atoms with E-state index in [1.54, 1.807) is 24.3 Å². The van der Waals surface area contributed by atoms with Crippen molar-refractivity contribution in [2.75, 3.05) is 0 Å². The third-order valence-electron chi connectivity index (χ3n) is 1.95. The highest BCUT2D eigenvalue weighted by Crippen LogP contribution is 2.24. The molecule has 0 fully saturated rings. The number of halogens is 1. The molecular weight excluding hydrogens is 216 g/mol. The second-order valence-electron chi connectivity index (χ2n) is 2.94. The third-order valence-corrected chi connectivity index (χ3v) is 2.18. The first kappa shape index (κ1) is 9.73. The summed E-state index contributed by atoms with van der Waals surface area (Å²) in [5, 5.41) is 9.96. The number of H-pyrrole nitrogens is 1. The molecule has 15 heavy (non-hydrogen) atoms. The SMILES string of the molecule is O=c1[nH]cnc(O)c1-c1cccc(Cl)c1. The Morgan fingerprint density at radius 2 is 2.20 bits per heavy atom. The smallest absolute Gasteiger partial charge is 0.262 e. The van der Waals surface area contributed by atoms with E-state index in [0.717, 1.165) is 6.33 Å². The normalized spacial score (nSPS) is 10.2. The molecule has 0 aliphatic carbocycles. The quantitative estimate of drug-likeness (QED) is 0.773. The van der Waals surface area contributed by atoms with Crippen LogP contribution in [0.5, 0.6) is 5.88 Å². The lowest BCUT2D eigenvalue weighted by Gasteiger charge is -2.02. The maximum absolute atomic E-state index is 11.5. The van der Waals surface area contributed by atoms with Gasteiger partial charge in [-0.2, -0.15) is 0 Å². The monoisotopic (exact) mass is 222 g/mol. The number of aromatic hydroxyl groups is 1. The Labute approximate surface area is 90.2 Å². The van der Waals surface area contributed by atoms with Crippen molar-refractivity contribution in [1.29, 1.82) is 0 Å². The fourth-order valence-electron chi connectivity index (χ4n) is 1.29. The maximum atomic E-state index is 11.5. The van der Waals surface area contributed by atoms with E-state index in [0.29, 0.717) is 10.6 Å². The van der Waals surface area contributed by atoms with E-state index in [-0.39, 0.29) is 11.4 Å². The number of hydrogen-bond donors (Lipinski definition) is 2. The summed E-state index contributed by atoms with van der Waals surface area (Å²) in [6.07, 6.45) is 1.14. The lowest BCUT2D eigenvalue weighted by molar-refractivity contribution is 0.453. The minimum atomic E-state index is -0.398. The molecule has 76 valence electrons. The molecule has 0 atom stereocenters. The van der Waals surface area contributed by atoms with E-state index in [1.807, 2.05) is 0 Å². The lowest BCUT2D eigenvalue weighted by atomic mass is 10.1. The van der Waals surface area contributed by atoms with Gasteiger partial charge >= 0.3 is 0 Å². The van der Waals surface area contributed by atoms with Crippen LogP contribution < -0.4 is 5.56 Å². The zero-order valence-electron chi connectivity index (χ0n) is 7.57. The van der Waals surface area contributed by atoms with Gasteiger partial charge < -0.3 is 10.1 Å². The number of aromatic amines is 1. The van der Waals surface area contributed by atoms with E-state index in [4.69, 9.17) is 11.6 Å². The van der Waals surface area contributed by atoms with Gasteiger partial charge in [-0.3, -0.25) is 4.79 Å². The van der Waals surface area contributed by atoms with Gasteiger partial charge in [0.25, 0.3) is 5.56 Å². The molecule has 0 saturated heterocycles. The van der Waals surface area contributed by atoms with Crippen molar-refractivity contribution in [2.45, 2.75) is 0 Å². The second-order valence-corrected chi connectivity index (χ2v) is 3.38. The summed E-state index contributed by atoms with van der Waals surface area (Å²) < 4.78 is 0. The Morgan fingerprint density at radius 1 is 1.40 bits per heavy atom. The molecule has 1 aromatic heterocycles. The van der Waals surface area contributed by atoms with Gasteiger partial charge in [0.2, 0.25) is 5.88 Å². The highest BCUT2D eigenvalue weighted by Gasteiger charge is 2.09. The minimum absolute atomic E-state index is 0.125. The highest BCUT2D eigenvalue weighted by atomic mass is 35.5. The van der Waals surface area contributed by atoms with Crippen molar-refractivity contribution in [3.63, 3.8) is 0 Å². The fraction of sp³-hybridized carbons (Fsp3) is 0. The molecule has 1 heterocycles. The molecule has 0 unspecified atom stereocenters. The Morgan fingerprint density at radius 3 is 2.87 bits per heavy atom. The summed E-state index contributed by atoms with van der Waals surface area (Å²) in [6, 6.07) is 6.65. The van der Waals surface area contributed by atoms with E-state index in [1.165, 1.54) is 0 Å². The van der Waals surface area contributed by atoms with Gasteiger partial charge in [0, 0.05) is 5.02 Å². The van der Waals surface area contributed by atoms with Crippen molar-refractivity contribution in [1.82, 2.24) is 9.97 Å². The zero-order chi connectivity index (χ0) is 10.8. The lowest BCUT2D eigenvalue weighted by Crippen LogP contribution is -2.09. The van der Waals surface area contributed by atoms with Crippen LogP contribution in [0, 0.1) is 0 Å². The second kappa shape index (κ2) is 3.74. The average Bonchev–Trinajstić information content (AvgIpc) is 2.17. The summed E-state index contributed by atoms with van der Waals surface area (Å²) in [4.78, 5) is 17.4. The molecular formula is C10H7ClN2O2. The predicted octanol–water partition coefficient (Wildman–Crippen LogP) is 1.80. The third kappa shape index (κ3) is 1.85. The molecule has 2 aromatic rings. The van der Waals surface area contributed by atoms with Gasteiger partial charge in [0.1, 0.15) is 5.56 Å². The standard InChI is InChI=1S/C10H7ClN2O2/c11-7-3-1-2-6(4-7)8-9(14)12-5-13-10(8)15/h1-5H,(H2,12,13,14,15). The summed E-state index contributed by atoms with van der Waals surface area (Å²) in [5.41, 5.74) is 0.263. The van der Waals surface area contributed by atoms with Gasteiger partial charge in [0.05, 0.1) is 6.33 Å². The number of nitrogens with one attached hydrogen (secondary N) is 1. The van der Waals surface area contributed by atoms with Crippen LogP contribution in [-0.4, -0.2) is 15.1 Å². The molecule has 5 heteroatoms. The maximum Gasteiger partial charge on any atom is 0.262 e. The molecule has 0 radical (unpaired) electrons. The van der Waals surface area contributed by atoms with Crippen molar-refractivity contribution in [3.05, 3.63) is 46.0 Å². The molecule has 0 aliphatic rings. The van der Waals surface area contributed by atoms with Crippen molar-refractivity contribution >= 4 is 11.6 Å². The van der Waals surface area contributed by atoms with Gasteiger partial charge in [-0.1, -0.05) is 23.7 Å². The minimum Gasteiger partial charge on any atom is -0.493 e. The number of nitrogens with zero attached hydrogens (tertiary/aromatic N) is 1. The molecule has 4 nitrogen and oxygen atoms in total. The summed E-state index contributed by atoms with van der Waals surface area (Å²) in [6.45, 7) is 0. The van der Waals surface area contributed by atoms with Crippen LogP contribution >= 0.6 is 11.6 Å². The van der Waals surface area contributed by atoms with Gasteiger partial charge in [-0.05, 0) is 17.7 Å².